The maximum atomic E-state index is 12.8. The first-order valence-electron chi connectivity index (χ1n) is 6.41. The molecule has 0 bridgehead atoms. The first kappa shape index (κ1) is 13.7. The number of hydrogen-bond donors (Lipinski definition) is 2. The zero-order chi connectivity index (χ0) is 15.5. The van der Waals surface area contributed by atoms with Crippen LogP contribution in [0.25, 0.3) is 10.9 Å². The first-order valence-corrected chi connectivity index (χ1v) is 6.41. The summed E-state index contributed by atoms with van der Waals surface area (Å²) in [5, 5.41) is 14.0. The Labute approximate surface area is 124 Å². The lowest BCUT2D eigenvalue weighted by Gasteiger charge is -2.06. The Hall–Kier alpha value is -3.22. The summed E-state index contributed by atoms with van der Waals surface area (Å²) < 4.78 is 13.2. The fourth-order valence-electron chi connectivity index (χ4n) is 1.91. The third-order valence-corrected chi connectivity index (χ3v) is 3.00. The number of nitrogens with one attached hydrogen (secondary N) is 1. The van der Waals surface area contributed by atoms with Gasteiger partial charge in [-0.1, -0.05) is 24.3 Å². The van der Waals surface area contributed by atoms with Crippen LogP contribution in [0.15, 0.2) is 58.4 Å². The molecule has 0 saturated heterocycles. The summed E-state index contributed by atoms with van der Waals surface area (Å²) in [5.74, 6) is -0.451. The highest BCUT2D eigenvalue weighted by atomic mass is 19.1. The average molecular weight is 298 g/mol. The predicted molar refractivity (Wildman–Crippen MR) is 80.8 cm³/mol. The lowest BCUT2D eigenvalue weighted by atomic mass is 10.2. The van der Waals surface area contributed by atoms with Gasteiger partial charge in [-0.2, -0.15) is 5.10 Å². The molecule has 0 aliphatic heterocycles. The quantitative estimate of drug-likeness (QED) is 0.441. The number of anilines is 1. The summed E-state index contributed by atoms with van der Waals surface area (Å²) in [6, 6.07) is 12.3. The van der Waals surface area contributed by atoms with E-state index in [4.69, 9.17) is 0 Å². The number of aromatic nitrogens is 2. The molecule has 110 valence electrons. The van der Waals surface area contributed by atoms with Gasteiger partial charge in [0.25, 0.3) is 11.5 Å². The van der Waals surface area contributed by atoms with Crippen molar-refractivity contribution in [1.82, 2.24) is 9.71 Å². The molecule has 0 unspecified atom stereocenters. The van der Waals surface area contributed by atoms with E-state index >= 15 is 0 Å². The van der Waals surface area contributed by atoms with Crippen LogP contribution in [-0.4, -0.2) is 21.1 Å². The standard InChI is InChI=1S/C15H11FN4O2/c16-11-7-5-10(6-8-11)9-17-19-15-18-13-4-2-1-3-12(13)14(21)20(15)22/h1-9,22H,(H,18,19)/b17-9+. The lowest BCUT2D eigenvalue weighted by Crippen LogP contribution is -2.22. The van der Waals surface area contributed by atoms with Crippen LogP contribution in [0.3, 0.4) is 0 Å². The van der Waals surface area contributed by atoms with Crippen LogP contribution in [0.5, 0.6) is 0 Å². The van der Waals surface area contributed by atoms with Gasteiger partial charge < -0.3 is 5.21 Å². The molecule has 6 nitrogen and oxygen atoms in total. The van der Waals surface area contributed by atoms with Crippen molar-refractivity contribution >= 4 is 23.1 Å². The maximum Gasteiger partial charge on any atom is 0.295 e. The van der Waals surface area contributed by atoms with Crippen molar-refractivity contribution in [2.45, 2.75) is 0 Å². The molecule has 0 aliphatic rings. The molecule has 0 radical (unpaired) electrons. The van der Waals surface area contributed by atoms with E-state index < -0.39 is 5.56 Å². The monoisotopic (exact) mass is 298 g/mol. The van der Waals surface area contributed by atoms with Crippen LogP contribution in [0.2, 0.25) is 0 Å². The highest BCUT2D eigenvalue weighted by molar-refractivity contribution is 5.80. The van der Waals surface area contributed by atoms with Crippen molar-refractivity contribution in [3.8, 4) is 0 Å². The molecular weight excluding hydrogens is 287 g/mol. The van der Waals surface area contributed by atoms with E-state index in [1.165, 1.54) is 18.3 Å². The van der Waals surface area contributed by atoms with E-state index in [1.807, 2.05) is 0 Å². The second kappa shape index (κ2) is 5.65. The second-order valence-corrected chi connectivity index (χ2v) is 4.49. The van der Waals surface area contributed by atoms with Gasteiger partial charge in [0.2, 0.25) is 0 Å². The number of halogens is 1. The minimum Gasteiger partial charge on any atom is -0.422 e. The number of nitrogens with zero attached hydrogens (tertiary/aromatic N) is 3. The molecule has 7 heteroatoms. The van der Waals surface area contributed by atoms with Crippen molar-refractivity contribution in [1.29, 1.82) is 0 Å². The van der Waals surface area contributed by atoms with Gasteiger partial charge in [-0.25, -0.2) is 14.8 Å². The van der Waals surface area contributed by atoms with Crippen LogP contribution in [0.4, 0.5) is 10.3 Å². The van der Waals surface area contributed by atoms with E-state index in [1.54, 1.807) is 36.4 Å². The van der Waals surface area contributed by atoms with Crippen LogP contribution >= 0.6 is 0 Å². The minimum atomic E-state index is -0.593. The highest BCUT2D eigenvalue weighted by Crippen LogP contribution is 2.09. The lowest BCUT2D eigenvalue weighted by molar-refractivity contribution is 0.179. The molecule has 3 aromatic rings. The second-order valence-electron chi connectivity index (χ2n) is 4.49. The van der Waals surface area contributed by atoms with E-state index in [9.17, 15) is 14.4 Å². The number of hydrazone groups is 1. The maximum absolute atomic E-state index is 12.8. The summed E-state index contributed by atoms with van der Waals surface area (Å²) in [4.78, 5) is 16.1. The Morgan fingerprint density at radius 1 is 1.18 bits per heavy atom. The fraction of sp³-hybridized carbons (Fsp3) is 0. The third kappa shape index (κ3) is 2.64. The minimum absolute atomic E-state index is 0.109. The molecule has 1 heterocycles. The van der Waals surface area contributed by atoms with Crippen molar-refractivity contribution in [2.75, 3.05) is 5.43 Å². The van der Waals surface area contributed by atoms with Gasteiger partial charge in [0.1, 0.15) is 5.82 Å². The van der Waals surface area contributed by atoms with Crippen molar-refractivity contribution < 1.29 is 9.60 Å². The zero-order valence-electron chi connectivity index (χ0n) is 11.3. The van der Waals surface area contributed by atoms with E-state index in [0.717, 1.165) is 0 Å². The normalized spacial score (nSPS) is 11.1. The Morgan fingerprint density at radius 3 is 2.68 bits per heavy atom. The van der Waals surface area contributed by atoms with E-state index in [2.05, 4.69) is 15.5 Å². The average Bonchev–Trinajstić information content (AvgIpc) is 2.54. The van der Waals surface area contributed by atoms with Gasteiger partial charge >= 0.3 is 0 Å². The topological polar surface area (TPSA) is 79.5 Å². The molecule has 22 heavy (non-hydrogen) atoms. The molecule has 3 rings (SSSR count). The largest absolute Gasteiger partial charge is 0.422 e. The highest BCUT2D eigenvalue weighted by Gasteiger charge is 2.08. The summed E-state index contributed by atoms with van der Waals surface area (Å²) in [7, 11) is 0. The van der Waals surface area contributed by atoms with Crippen molar-refractivity contribution in [2.24, 2.45) is 5.10 Å². The molecule has 0 atom stereocenters. The number of para-hydroxylation sites is 1. The number of rotatable bonds is 3. The van der Waals surface area contributed by atoms with Crippen LogP contribution < -0.4 is 11.0 Å². The number of hydrogen-bond acceptors (Lipinski definition) is 5. The summed E-state index contributed by atoms with van der Waals surface area (Å²) in [6.45, 7) is 0. The molecule has 2 aromatic carbocycles. The van der Waals surface area contributed by atoms with Crippen LogP contribution in [0, 0.1) is 5.82 Å². The van der Waals surface area contributed by atoms with Gasteiger partial charge in [-0.15, -0.1) is 4.73 Å². The fourth-order valence-corrected chi connectivity index (χ4v) is 1.91. The molecule has 0 spiro atoms. The molecule has 0 saturated carbocycles. The Morgan fingerprint density at radius 2 is 1.91 bits per heavy atom. The van der Waals surface area contributed by atoms with Crippen LogP contribution in [0.1, 0.15) is 5.56 Å². The van der Waals surface area contributed by atoms with E-state index in [0.29, 0.717) is 21.2 Å². The predicted octanol–water partition coefficient (Wildman–Crippen LogP) is 2.22. The first-order chi connectivity index (χ1) is 10.6. The number of fused-ring (bicyclic) bond motifs is 1. The summed E-state index contributed by atoms with van der Waals surface area (Å²) >= 11 is 0. The number of benzene rings is 2. The van der Waals surface area contributed by atoms with Gasteiger partial charge in [-0.3, -0.25) is 4.79 Å². The molecular formula is C15H11FN4O2. The SMILES string of the molecule is O=c1c2ccccc2nc(N/N=C/c2ccc(F)cc2)n1O. The Kier molecular flexibility index (Phi) is 3.53. The summed E-state index contributed by atoms with van der Waals surface area (Å²) in [6.07, 6.45) is 1.42. The van der Waals surface area contributed by atoms with Crippen molar-refractivity contribution in [3.63, 3.8) is 0 Å². The van der Waals surface area contributed by atoms with Gasteiger partial charge in [-0.05, 0) is 29.8 Å². The van der Waals surface area contributed by atoms with Crippen molar-refractivity contribution in [3.05, 3.63) is 70.3 Å². The third-order valence-electron chi connectivity index (χ3n) is 3.00. The zero-order valence-corrected chi connectivity index (χ0v) is 11.3. The summed E-state index contributed by atoms with van der Waals surface area (Å²) in [5.41, 5.74) is 2.99. The molecule has 0 aliphatic carbocycles. The Balaban J connectivity index is 1.89. The van der Waals surface area contributed by atoms with Gasteiger partial charge in [0.15, 0.2) is 0 Å². The molecule has 0 fully saturated rings. The Bertz CT molecular complexity index is 904. The van der Waals surface area contributed by atoms with Gasteiger partial charge in [0, 0.05) is 0 Å². The molecule has 2 N–H and O–H groups in total. The molecule has 1 aromatic heterocycles. The van der Waals surface area contributed by atoms with Crippen LogP contribution in [-0.2, 0) is 0 Å². The van der Waals surface area contributed by atoms with Gasteiger partial charge in [0.05, 0.1) is 17.1 Å². The smallest absolute Gasteiger partial charge is 0.295 e. The molecule has 0 amide bonds. The van der Waals surface area contributed by atoms with E-state index in [-0.39, 0.29) is 11.8 Å².